The summed E-state index contributed by atoms with van der Waals surface area (Å²) in [5.74, 6) is -1.00. The molecule has 0 aromatic rings. The Morgan fingerprint density at radius 3 is 0.771 bits per heavy atom. The average molecular weight is 1150 g/mol. The minimum absolute atomic E-state index is 0.116. The van der Waals surface area contributed by atoms with Crippen molar-refractivity contribution in [3.63, 3.8) is 0 Å². The Morgan fingerprint density at radius 1 is 0.253 bits per heavy atom. The van der Waals surface area contributed by atoms with Gasteiger partial charge in [-0.1, -0.05) is 281 Å². The number of esters is 3. The zero-order valence-corrected chi connectivity index (χ0v) is 53.7. The summed E-state index contributed by atoms with van der Waals surface area (Å²) in [6, 6.07) is 0. The number of unbranched alkanes of at least 4 members (excludes halogenated alkanes) is 23. The number of hydrogen-bond acceptors (Lipinski definition) is 6. The first kappa shape index (κ1) is 78.0. The Hall–Kier alpha value is -4.97. The van der Waals surface area contributed by atoms with Gasteiger partial charge in [0.25, 0.3) is 0 Å². The van der Waals surface area contributed by atoms with E-state index < -0.39 is 6.10 Å². The van der Waals surface area contributed by atoms with Crippen LogP contribution in [0.3, 0.4) is 0 Å². The molecule has 0 amide bonds. The Labute approximate surface area is 511 Å². The quantitative estimate of drug-likeness (QED) is 0.0261. The molecule has 0 heterocycles. The Kier molecular flexibility index (Phi) is 65.4. The lowest BCUT2D eigenvalue weighted by molar-refractivity contribution is -0.167. The van der Waals surface area contributed by atoms with Crippen LogP contribution in [0.5, 0.6) is 0 Å². The average Bonchev–Trinajstić information content (AvgIpc) is 3.49. The molecule has 0 aliphatic carbocycles. The maximum Gasteiger partial charge on any atom is 0.306 e. The molecule has 0 fully saturated rings. The van der Waals surface area contributed by atoms with Crippen molar-refractivity contribution in [1.82, 2.24) is 0 Å². The van der Waals surface area contributed by atoms with Crippen molar-refractivity contribution in [2.75, 3.05) is 13.2 Å². The molecule has 0 aliphatic rings. The van der Waals surface area contributed by atoms with Crippen LogP contribution < -0.4 is 0 Å². The van der Waals surface area contributed by atoms with Crippen LogP contribution in [0.15, 0.2) is 158 Å². The highest BCUT2D eigenvalue weighted by Gasteiger charge is 2.19. The second kappa shape index (κ2) is 69.5. The molecule has 0 spiro atoms. The van der Waals surface area contributed by atoms with Gasteiger partial charge in [0.2, 0.25) is 0 Å². The highest BCUT2D eigenvalue weighted by Crippen LogP contribution is 2.15. The zero-order chi connectivity index (χ0) is 59.9. The SMILES string of the molecule is CC/C=C\C/C=C\C/C=C\C/C=C\C/C=C\C/C=C\CCCCC(=O)OCC(COC(=O)CCCCCCCCCCCCC/C=C\CCCCCCCCCC)OC(=O)CCCC/C=C\C/C=C\C/C=C\C/C=C\C/C=C\C/C=C\CC. The highest BCUT2D eigenvalue weighted by atomic mass is 16.6. The van der Waals surface area contributed by atoms with Gasteiger partial charge in [-0.15, -0.1) is 0 Å². The maximum atomic E-state index is 12.9. The van der Waals surface area contributed by atoms with E-state index in [-0.39, 0.29) is 44.0 Å². The number of carbonyl (C=O) groups excluding carboxylic acids is 3. The minimum atomic E-state index is -0.830. The van der Waals surface area contributed by atoms with Crippen LogP contribution in [0.1, 0.15) is 290 Å². The van der Waals surface area contributed by atoms with Crippen molar-refractivity contribution in [2.45, 2.75) is 297 Å². The zero-order valence-electron chi connectivity index (χ0n) is 53.7. The fourth-order valence-corrected chi connectivity index (χ4v) is 8.97. The summed E-state index contributed by atoms with van der Waals surface area (Å²) in [7, 11) is 0. The van der Waals surface area contributed by atoms with Crippen molar-refractivity contribution in [3.8, 4) is 0 Å². The van der Waals surface area contributed by atoms with Crippen molar-refractivity contribution >= 4 is 17.9 Å². The van der Waals surface area contributed by atoms with E-state index in [1.165, 1.54) is 116 Å². The molecule has 0 aromatic heterocycles. The molecule has 0 saturated carbocycles. The maximum absolute atomic E-state index is 12.9. The van der Waals surface area contributed by atoms with E-state index in [9.17, 15) is 14.4 Å². The summed E-state index contributed by atoms with van der Waals surface area (Å²) in [6.45, 7) is 6.35. The number of rotatable bonds is 60. The molecule has 1 atom stereocenters. The summed E-state index contributed by atoms with van der Waals surface area (Å²) in [4.78, 5) is 38.4. The molecule has 6 heteroatoms. The lowest BCUT2D eigenvalue weighted by Gasteiger charge is -2.18. The van der Waals surface area contributed by atoms with Crippen LogP contribution in [0.25, 0.3) is 0 Å². The lowest BCUT2D eigenvalue weighted by Crippen LogP contribution is -2.30. The van der Waals surface area contributed by atoms with Crippen molar-refractivity contribution in [1.29, 1.82) is 0 Å². The topological polar surface area (TPSA) is 78.9 Å². The molecule has 1 unspecified atom stereocenters. The molecule has 0 N–H and O–H groups in total. The van der Waals surface area contributed by atoms with Gasteiger partial charge in [0.05, 0.1) is 0 Å². The van der Waals surface area contributed by atoms with E-state index in [1.54, 1.807) is 0 Å². The van der Waals surface area contributed by atoms with Gasteiger partial charge in [0.15, 0.2) is 6.10 Å². The number of ether oxygens (including phenoxy) is 3. The van der Waals surface area contributed by atoms with E-state index in [2.05, 4.69) is 179 Å². The van der Waals surface area contributed by atoms with Crippen molar-refractivity contribution < 1.29 is 28.6 Å². The first-order chi connectivity index (χ1) is 41.0. The molecule has 6 nitrogen and oxygen atoms in total. The van der Waals surface area contributed by atoms with Gasteiger partial charge in [0, 0.05) is 19.3 Å². The summed E-state index contributed by atoms with van der Waals surface area (Å²) in [5, 5.41) is 0. The Bertz CT molecular complexity index is 1840. The molecule has 0 rings (SSSR count). The van der Waals surface area contributed by atoms with Crippen LogP contribution in [-0.4, -0.2) is 37.2 Å². The molecule has 0 saturated heterocycles. The van der Waals surface area contributed by atoms with Gasteiger partial charge in [-0.25, -0.2) is 0 Å². The van der Waals surface area contributed by atoms with Crippen LogP contribution in [0.2, 0.25) is 0 Å². The second-order valence-corrected chi connectivity index (χ2v) is 22.0. The third kappa shape index (κ3) is 67.7. The van der Waals surface area contributed by atoms with E-state index in [0.29, 0.717) is 19.3 Å². The second-order valence-electron chi connectivity index (χ2n) is 22.0. The fourth-order valence-electron chi connectivity index (χ4n) is 8.97. The summed E-state index contributed by atoms with van der Waals surface area (Å²) in [5.41, 5.74) is 0. The highest BCUT2D eigenvalue weighted by molar-refractivity contribution is 5.71. The van der Waals surface area contributed by atoms with Crippen LogP contribution in [-0.2, 0) is 28.6 Å². The van der Waals surface area contributed by atoms with Gasteiger partial charge in [-0.05, 0) is 148 Å². The summed E-state index contributed by atoms with van der Waals surface area (Å²) >= 11 is 0. The third-order valence-corrected chi connectivity index (χ3v) is 14.0. The molecule has 83 heavy (non-hydrogen) atoms. The molecule has 0 aromatic carbocycles. The van der Waals surface area contributed by atoms with E-state index in [1.807, 2.05) is 0 Å². The molecule has 0 bridgehead atoms. The normalized spacial score (nSPS) is 13.1. The number of hydrogen-bond donors (Lipinski definition) is 0. The molecule has 468 valence electrons. The third-order valence-electron chi connectivity index (χ3n) is 14.0. The van der Waals surface area contributed by atoms with Crippen LogP contribution >= 0.6 is 0 Å². The van der Waals surface area contributed by atoms with Gasteiger partial charge < -0.3 is 14.2 Å². The lowest BCUT2D eigenvalue weighted by atomic mass is 10.0. The smallest absolute Gasteiger partial charge is 0.306 e. The van der Waals surface area contributed by atoms with Gasteiger partial charge in [0.1, 0.15) is 13.2 Å². The Morgan fingerprint density at radius 2 is 0.470 bits per heavy atom. The fraction of sp³-hybridized carbons (Fsp3) is 0.623. The first-order valence-electron chi connectivity index (χ1n) is 34.0. The molecular weight excluding hydrogens is 1020 g/mol. The molecule has 0 radical (unpaired) electrons. The monoisotopic (exact) mass is 1140 g/mol. The van der Waals surface area contributed by atoms with Crippen LogP contribution in [0, 0.1) is 0 Å². The number of allylic oxidation sites excluding steroid dienone is 26. The summed E-state index contributed by atoms with van der Waals surface area (Å²) < 4.78 is 16.9. The van der Waals surface area contributed by atoms with Gasteiger partial charge in [-0.3, -0.25) is 14.4 Å². The van der Waals surface area contributed by atoms with Crippen molar-refractivity contribution in [2.24, 2.45) is 0 Å². The van der Waals surface area contributed by atoms with Crippen LogP contribution in [0.4, 0.5) is 0 Å². The van der Waals surface area contributed by atoms with E-state index >= 15 is 0 Å². The predicted octanol–water partition coefficient (Wildman–Crippen LogP) is 23.7. The number of carbonyl (C=O) groups is 3. The standard InChI is InChI=1S/C77H124O6/c1-4-7-10-13-16-19-22-25-28-31-34-37-38-41-43-46-49-52-55-58-61-64-67-70-76(79)82-73-74(83-77(80)71-68-65-62-59-56-53-50-47-44-40-36-33-30-27-24-21-18-15-12-9-6-3)72-81-75(78)69-66-63-60-57-54-51-48-45-42-39-35-32-29-26-23-20-17-14-11-8-5-2/h8-9,11-12,17-18,20-21,26-27,29-31,34-36,39-40,45,47-48,50,54,56-57,59,74H,4-7,10,13-16,19,22-25,28,32-33,37-38,41-44,46,49,51-53,55,58,60-73H2,1-3H3/b11-8-,12-9-,20-17-,21-18-,29-26-,30-27-,34-31-,39-35-,40-36-,48-45-,50-47-,57-54-,59-56-. The van der Waals surface area contributed by atoms with E-state index in [0.717, 1.165) is 122 Å². The largest absolute Gasteiger partial charge is 0.462 e. The predicted molar refractivity (Wildman–Crippen MR) is 362 cm³/mol. The van der Waals surface area contributed by atoms with Gasteiger partial charge >= 0.3 is 17.9 Å². The van der Waals surface area contributed by atoms with Gasteiger partial charge in [-0.2, -0.15) is 0 Å². The molecule has 0 aliphatic heterocycles. The molecular formula is C77H124O6. The van der Waals surface area contributed by atoms with Crippen molar-refractivity contribution in [3.05, 3.63) is 158 Å². The summed E-state index contributed by atoms with van der Waals surface area (Å²) in [6.07, 6.45) is 101. The first-order valence-corrected chi connectivity index (χ1v) is 34.0. The minimum Gasteiger partial charge on any atom is -0.462 e. The Balaban J connectivity index is 4.54. The van der Waals surface area contributed by atoms with E-state index in [4.69, 9.17) is 14.2 Å².